The monoisotopic (exact) mass is 972 g/mol. The van der Waals surface area contributed by atoms with E-state index in [1.165, 1.54) is 46.1 Å². The number of rotatable bonds is 16. The van der Waals surface area contributed by atoms with Crippen molar-refractivity contribution in [1.29, 1.82) is 0 Å². The number of halogens is 9. The molecule has 4 aromatic heterocycles. The molecule has 13 nitrogen and oxygen atoms in total. The Bertz CT molecular complexity index is 2610. The number of hydrogen-bond donors (Lipinski definition) is 2. The summed E-state index contributed by atoms with van der Waals surface area (Å²) < 4.78 is 128. The summed E-state index contributed by atoms with van der Waals surface area (Å²) in [6.45, 7) is 3.77. The molecule has 0 aliphatic heterocycles. The number of aryl methyl sites for hydroxylation is 1. The molecule has 66 heavy (non-hydrogen) atoms. The molecule has 0 spiro atoms. The van der Waals surface area contributed by atoms with Gasteiger partial charge < -0.3 is 33.5 Å². The van der Waals surface area contributed by atoms with Gasteiger partial charge in [0.05, 0.1) is 101 Å². The van der Waals surface area contributed by atoms with Crippen LogP contribution >= 0.6 is 23.2 Å². The first-order chi connectivity index (χ1) is 31.2. The third-order valence-electron chi connectivity index (χ3n) is 10.8. The highest BCUT2D eigenvalue weighted by atomic mass is 35.5. The Balaban J connectivity index is 0.000000197. The fourth-order valence-corrected chi connectivity index (χ4v) is 7.65. The lowest BCUT2D eigenvalue weighted by molar-refractivity contribution is -0.145. The highest BCUT2D eigenvalue weighted by Gasteiger charge is 2.43. The van der Waals surface area contributed by atoms with Crippen molar-refractivity contribution in [2.24, 2.45) is 0 Å². The van der Waals surface area contributed by atoms with Crippen molar-refractivity contribution in [3.05, 3.63) is 87.2 Å². The molecule has 1 atom stereocenters. The van der Waals surface area contributed by atoms with Crippen molar-refractivity contribution in [2.75, 3.05) is 7.11 Å². The van der Waals surface area contributed by atoms with Crippen LogP contribution in [0.4, 0.5) is 30.7 Å². The minimum absolute atomic E-state index is 0.00147. The lowest BCUT2D eigenvalue weighted by Crippen LogP contribution is -2.24. The molecule has 0 bridgehead atoms. The largest absolute Gasteiger partial charge is 0.495 e. The van der Waals surface area contributed by atoms with Gasteiger partial charge in [-0.3, -0.25) is 9.36 Å². The second-order valence-electron chi connectivity index (χ2n) is 16.6. The number of aliphatic hydroxyl groups is 2. The molecule has 0 amide bonds. The number of hydrogen-bond acceptors (Lipinski definition) is 11. The molecular formula is C44H45Cl2F7N6O7. The molecule has 0 radical (unpaired) electrons. The normalized spacial score (nSPS) is 15.1. The highest BCUT2D eigenvalue weighted by Crippen LogP contribution is 2.45. The van der Waals surface area contributed by atoms with E-state index in [1.54, 1.807) is 18.2 Å². The maximum absolute atomic E-state index is 14.6. The molecular weight excluding hydrogens is 928 g/mol. The maximum Gasteiger partial charge on any atom is 0.433 e. The minimum atomic E-state index is -4.80. The standard InChI is InChI=1S/C23H25ClF3N3O4.C21H20ClF4N3O3/c1-22(2,31)9-10-30-21(23(25,26)27)15(11-28-30)20-16(12-33-13-7-8-13)19(29-34-20)14-5-4-6-17(32-3)18(14)24;1-11(30)9-29-20(21(24,25)26)13(8-27-29)19-14(10-31-12-4-2-5-12)18(28-32-19)17-15(22)6-3-7-16(17)23/h4-6,11,13,31H,7-10,12H2,1-3H3;3,6-8,11-12,30H,2,4-5,9-10H2,1H3/t;11-/m.1/s1. The smallest absolute Gasteiger partial charge is 0.433 e. The summed E-state index contributed by atoms with van der Waals surface area (Å²) >= 11 is 12.6. The van der Waals surface area contributed by atoms with Gasteiger partial charge in [-0.2, -0.15) is 36.5 Å². The lowest BCUT2D eigenvalue weighted by Gasteiger charge is -2.25. The van der Waals surface area contributed by atoms with Crippen molar-refractivity contribution in [2.45, 2.75) is 122 Å². The topological polar surface area (TPSA) is 156 Å². The Morgan fingerprint density at radius 1 is 0.788 bits per heavy atom. The first-order valence-corrected chi connectivity index (χ1v) is 21.6. The van der Waals surface area contributed by atoms with Crippen LogP contribution in [0.3, 0.4) is 0 Å². The summed E-state index contributed by atoms with van der Waals surface area (Å²) in [5.74, 6) is -0.615. The molecule has 2 fully saturated rings. The maximum atomic E-state index is 14.6. The van der Waals surface area contributed by atoms with E-state index in [0.29, 0.717) is 21.6 Å². The third-order valence-corrected chi connectivity index (χ3v) is 11.5. The van der Waals surface area contributed by atoms with Crippen molar-refractivity contribution >= 4 is 23.2 Å². The van der Waals surface area contributed by atoms with E-state index in [4.69, 9.17) is 46.5 Å². The molecule has 2 N–H and O–H groups in total. The van der Waals surface area contributed by atoms with E-state index in [0.717, 1.165) is 49.2 Å². The predicted molar refractivity (Wildman–Crippen MR) is 226 cm³/mol. The first-order valence-electron chi connectivity index (χ1n) is 20.8. The average Bonchev–Trinajstić information content (AvgIpc) is 3.51. The molecule has 0 unspecified atom stereocenters. The van der Waals surface area contributed by atoms with Gasteiger partial charge >= 0.3 is 12.4 Å². The van der Waals surface area contributed by atoms with Crippen molar-refractivity contribution in [1.82, 2.24) is 29.9 Å². The van der Waals surface area contributed by atoms with Crippen LogP contribution < -0.4 is 4.74 Å². The van der Waals surface area contributed by atoms with Crippen LogP contribution in [0.25, 0.3) is 45.2 Å². The minimum Gasteiger partial charge on any atom is -0.495 e. The van der Waals surface area contributed by atoms with E-state index in [2.05, 4.69) is 20.5 Å². The van der Waals surface area contributed by atoms with Gasteiger partial charge in [-0.25, -0.2) is 4.39 Å². The quantitative estimate of drug-likeness (QED) is 0.0890. The summed E-state index contributed by atoms with van der Waals surface area (Å²) in [7, 11) is 1.47. The molecule has 8 rings (SSSR count). The van der Waals surface area contributed by atoms with E-state index in [9.17, 15) is 40.9 Å². The zero-order valence-electron chi connectivity index (χ0n) is 35.9. The SMILES string of the molecule is COc1cccc(-c2noc(-c3cnn(CCC(C)(C)O)c3C(F)(F)F)c2COC2CC2)c1Cl.C[C@@H](O)Cn1ncc(-c2onc(-c3c(F)cccc3Cl)c2COC2CCC2)c1C(F)(F)F. The summed E-state index contributed by atoms with van der Waals surface area (Å²) in [6, 6.07) is 9.09. The van der Waals surface area contributed by atoms with Gasteiger partial charge in [0, 0.05) is 12.1 Å². The van der Waals surface area contributed by atoms with Crippen LogP contribution in [0.1, 0.15) is 81.8 Å². The summed E-state index contributed by atoms with van der Waals surface area (Å²) in [4.78, 5) is 0. The number of aromatic nitrogens is 6. The molecule has 4 heterocycles. The van der Waals surface area contributed by atoms with Crippen LogP contribution in [0, 0.1) is 5.82 Å². The number of aliphatic hydroxyl groups excluding tert-OH is 1. The predicted octanol–water partition coefficient (Wildman–Crippen LogP) is 11.2. The van der Waals surface area contributed by atoms with Gasteiger partial charge in [0.25, 0.3) is 0 Å². The number of alkyl halides is 6. The lowest BCUT2D eigenvalue weighted by atomic mass is 9.96. The molecule has 22 heteroatoms. The van der Waals surface area contributed by atoms with Gasteiger partial charge in [0.1, 0.15) is 23.0 Å². The van der Waals surface area contributed by atoms with E-state index in [-0.39, 0.29) is 100 Å². The summed E-state index contributed by atoms with van der Waals surface area (Å²) in [5.41, 5.74) is -2.77. The Hall–Kier alpha value is -4.99. The molecule has 2 saturated carbocycles. The molecule has 2 aliphatic carbocycles. The Kier molecular flexibility index (Phi) is 14.6. The van der Waals surface area contributed by atoms with Crippen LogP contribution in [-0.2, 0) is 48.1 Å². The van der Waals surface area contributed by atoms with Gasteiger partial charge in [0.2, 0.25) is 0 Å². The van der Waals surface area contributed by atoms with Gasteiger partial charge in [-0.05, 0) is 77.5 Å². The van der Waals surface area contributed by atoms with Crippen LogP contribution in [0.15, 0.2) is 57.8 Å². The van der Waals surface area contributed by atoms with E-state index in [1.807, 2.05) is 0 Å². The fourth-order valence-electron chi connectivity index (χ4n) is 7.11. The Morgan fingerprint density at radius 2 is 1.33 bits per heavy atom. The average molecular weight is 974 g/mol. The zero-order valence-corrected chi connectivity index (χ0v) is 37.5. The molecule has 2 aromatic carbocycles. The van der Waals surface area contributed by atoms with Crippen molar-refractivity contribution in [3.63, 3.8) is 0 Å². The number of ether oxygens (including phenoxy) is 3. The molecule has 356 valence electrons. The summed E-state index contributed by atoms with van der Waals surface area (Å²) in [5, 5.41) is 35.5. The van der Waals surface area contributed by atoms with Gasteiger partial charge in [-0.1, -0.05) is 51.7 Å². The van der Waals surface area contributed by atoms with Crippen LogP contribution in [-0.4, -0.2) is 71.1 Å². The zero-order chi connectivity index (χ0) is 47.7. The van der Waals surface area contributed by atoms with Crippen molar-refractivity contribution in [3.8, 4) is 50.9 Å². The fraction of sp³-hybridized carbons (Fsp3) is 0.455. The van der Waals surface area contributed by atoms with E-state index >= 15 is 0 Å². The van der Waals surface area contributed by atoms with Crippen LogP contribution in [0.5, 0.6) is 5.75 Å². The highest BCUT2D eigenvalue weighted by molar-refractivity contribution is 6.34. The second kappa shape index (κ2) is 19.7. The van der Waals surface area contributed by atoms with Crippen LogP contribution in [0.2, 0.25) is 10.0 Å². The molecule has 2 aliphatic rings. The number of benzene rings is 2. The van der Waals surface area contributed by atoms with Gasteiger partial charge in [-0.15, -0.1) is 0 Å². The Morgan fingerprint density at radius 3 is 1.85 bits per heavy atom. The number of methoxy groups -OCH3 is 1. The molecule has 6 aromatic rings. The second-order valence-corrected chi connectivity index (χ2v) is 17.4. The summed E-state index contributed by atoms with van der Waals surface area (Å²) in [6.07, 6.45) is -3.97. The number of nitrogens with zero attached hydrogens (tertiary/aromatic N) is 6. The molecule has 0 saturated heterocycles. The third kappa shape index (κ3) is 11.1. The van der Waals surface area contributed by atoms with E-state index < -0.39 is 41.3 Å². The Labute approximate surface area is 383 Å². The van der Waals surface area contributed by atoms with Crippen molar-refractivity contribution < 1.29 is 64.2 Å². The first kappa shape index (κ1) is 48.9. The van der Waals surface area contributed by atoms with Gasteiger partial charge in [0.15, 0.2) is 22.9 Å².